The van der Waals surface area contributed by atoms with Gasteiger partial charge in [-0.2, -0.15) is 9.61 Å². The van der Waals surface area contributed by atoms with Crippen molar-refractivity contribution in [2.45, 2.75) is 13.3 Å². The van der Waals surface area contributed by atoms with Gasteiger partial charge in [0.15, 0.2) is 5.82 Å². The van der Waals surface area contributed by atoms with Crippen LogP contribution in [0.25, 0.3) is 15.5 Å². The smallest absolute Gasteiger partial charge is 0.234 e. The molecule has 0 amide bonds. The zero-order valence-corrected chi connectivity index (χ0v) is 10.4. The van der Waals surface area contributed by atoms with Gasteiger partial charge in [-0.3, -0.25) is 0 Å². The van der Waals surface area contributed by atoms with E-state index in [2.05, 4.69) is 15.3 Å². The fraction of sp³-hybridized carbons (Fsp3) is 0.182. The molecule has 2 heterocycles. The second kappa shape index (κ2) is 4.02. The lowest BCUT2D eigenvalue weighted by molar-refractivity contribution is 0.628. The van der Waals surface area contributed by atoms with Crippen LogP contribution in [0, 0.1) is 5.82 Å². The predicted octanol–water partition coefficient (Wildman–Crippen LogP) is 2.14. The molecule has 2 N–H and O–H groups in total. The molecule has 18 heavy (non-hydrogen) atoms. The zero-order chi connectivity index (χ0) is 12.7. The molecule has 0 unspecified atom stereocenters. The van der Waals surface area contributed by atoms with Crippen molar-refractivity contribution in [3.05, 3.63) is 29.8 Å². The Bertz CT molecular complexity index is 717. The Labute approximate surface area is 106 Å². The summed E-state index contributed by atoms with van der Waals surface area (Å²) < 4.78 is 14.7. The maximum absolute atomic E-state index is 13.0. The molecule has 3 aromatic rings. The van der Waals surface area contributed by atoms with E-state index in [0.29, 0.717) is 21.2 Å². The maximum Gasteiger partial charge on any atom is 0.234 e. The van der Waals surface area contributed by atoms with Crippen LogP contribution in [0.4, 0.5) is 10.1 Å². The fourth-order valence-electron chi connectivity index (χ4n) is 1.72. The first-order valence-electron chi connectivity index (χ1n) is 5.45. The lowest BCUT2D eigenvalue weighted by Gasteiger charge is -2.00. The number of nitrogens with two attached hydrogens (primary N) is 1. The molecule has 3 rings (SSSR count). The van der Waals surface area contributed by atoms with Crippen molar-refractivity contribution < 1.29 is 4.39 Å². The molecule has 5 nitrogen and oxygen atoms in total. The monoisotopic (exact) mass is 263 g/mol. The lowest BCUT2D eigenvalue weighted by Crippen LogP contribution is -1.95. The number of benzene rings is 1. The van der Waals surface area contributed by atoms with Crippen LogP contribution in [0.15, 0.2) is 18.2 Å². The number of nitrogens with zero attached hydrogens (tertiary/aromatic N) is 4. The van der Waals surface area contributed by atoms with Crippen molar-refractivity contribution >= 4 is 22.0 Å². The molecule has 0 aliphatic carbocycles. The van der Waals surface area contributed by atoms with Gasteiger partial charge in [0, 0.05) is 17.7 Å². The average Bonchev–Trinajstić information content (AvgIpc) is 2.88. The normalized spacial score (nSPS) is 11.2. The highest BCUT2D eigenvalue weighted by molar-refractivity contribution is 7.19. The van der Waals surface area contributed by atoms with Crippen molar-refractivity contribution in [1.82, 2.24) is 19.8 Å². The number of aromatic nitrogens is 4. The summed E-state index contributed by atoms with van der Waals surface area (Å²) in [6, 6.07) is 4.29. The van der Waals surface area contributed by atoms with Gasteiger partial charge in [-0.1, -0.05) is 18.3 Å². The highest BCUT2D eigenvalue weighted by atomic mass is 32.1. The van der Waals surface area contributed by atoms with E-state index in [0.717, 1.165) is 12.2 Å². The van der Waals surface area contributed by atoms with Crippen LogP contribution >= 0.6 is 11.3 Å². The number of fused-ring (bicyclic) bond motifs is 1. The summed E-state index contributed by atoms with van der Waals surface area (Å²) in [7, 11) is 0. The standard InChI is InChI=1S/C11H10FN5S/c1-2-9-14-15-11-17(9)16-10(18-11)7-4-3-6(12)5-8(7)13/h3-5H,2,13H2,1H3. The van der Waals surface area contributed by atoms with Crippen LogP contribution in [0.1, 0.15) is 12.7 Å². The second-order valence-electron chi connectivity index (χ2n) is 3.80. The molecular formula is C11H10FN5S. The predicted molar refractivity (Wildman–Crippen MR) is 67.8 cm³/mol. The third-order valence-corrected chi connectivity index (χ3v) is 3.55. The number of hydrogen-bond acceptors (Lipinski definition) is 5. The fourth-order valence-corrected chi connectivity index (χ4v) is 2.62. The highest BCUT2D eigenvalue weighted by Crippen LogP contribution is 2.30. The quantitative estimate of drug-likeness (QED) is 0.719. The van der Waals surface area contributed by atoms with Crippen molar-refractivity contribution in [2.75, 3.05) is 5.73 Å². The summed E-state index contributed by atoms with van der Waals surface area (Å²) in [6.45, 7) is 1.99. The van der Waals surface area contributed by atoms with E-state index < -0.39 is 0 Å². The van der Waals surface area contributed by atoms with Gasteiger partial charge in [0.1, 0.15) is 10.8 Å². The van der Waals surface area contributed by atoms with Gasteiger partial charge >= 0.3 is 0 Å². The summed E-state index contributed by atoms with van der Waals surface area (Å²) in [5.74, 6) is 0.446. The molecule has 0 aliphatic heterocycles. The van der Waals surface area contributed by atoms with E-state index in [1.807, 2.05) is 6.92 Å². The van der Waals surface area contributed by atoms with Crippen molar-refractivity contribution in [3.63, 3.8) is 0 Å². The molecule has 1 aromatic carbocycles. The molecule has 0 aliphatic rings. The Hall–Kier alpha value is -2.02. The van der Waals surface area contributed by atoms with Crippen LogP contribution in [0.2, 0.25) is 0 Å². The Morgan fingerprint density at radius 2 is 2.22 bits per heavy atom. The van der Waals surface area contributed by atoms with Crippen LogP contribution in [0.5, 0.6) is 0 Å². The van der Waals surface area contributed by atoms with Crippen LogP contribution < -0.4 is 5.73 Å². The van der Waals surface area contributed by atoms with E-state index in [1.54, 1.807) is 10.6 Å². The molecule has 0 fully saturated rings. The van der Waals surface area contributed by atoms with Gasteiger partial charge in [-0.05, 0) is 18.2 Å². The van der Waals surface area contributed by atoms with Crippen LogP contribution in [-0.4, -0.2) is 19.8 Å². The summed E-state index contributed by atoms with van der Waals surface area (Å²) in [4.78, 5) is 0.713. The number of rotatable bonds is 2. The number of aryl methyl sites for hydroxylation is 1. The highest BCUT2D eigenvalue weighted by Gasteiger charge is 2.13. The summed E-state index contributed by atoms with van der Waals surface area (Å²) >= 11 is 1.38. The third kappa shape index (κ3) is 1.63. The minimum atomic E-state index is -0.353. The average molecular weight is 263 g/mol. The molecular weight excluding hydrogens is 253 g/mol. The van der Waals surface area contributed by atoms with E-state index in [4.69, 9.17) is 5.73 Å². The summed E-state index contributed by atoms with van der Waals surface area (Å²) in [6.07, 6.45) is 0.753. The molecule has 0 atom stereocenters. The molecule has 0 spiro atoms. The second-order valence-corrected chi connectivity index (χ2v) is 4.76. The Morgan fingerprint density at radius 3 is 2.94 bits per heavy atom. The molecule has 7 heteroatoms. The van der Waals surface area contributed by atoms with E-state index in [1.165, 1.54) is 23.5 Å². The number of anilines is 1. The van der Waals surface area contributed by atoms with Gasteiger partial charge in [-0.15, -0.1) is 10.2 Å². The Balaban J connectivity index is 2.16. The van der Waals surface area contributed by atoms with Crippen LogP contribution in [0.3, 0.4) is 0 Å². The molecule has 0 saturated carbocycles. The summed E-state index contributed by atoms with van der Waals surface area (Å²) in [5, 5.41) is 13.2. The third-order valence-electron chi connectivity index (χ3n) is 2.62. The zero-order valence-electron chi connectivity index (χ0n) is 9.59. The van der Waals surface area contributed by atoms with Gasteiger partial charge in [0.25, 0.3) is 0 Å². The Morgan fingerprint density at radius 1 is 1.39 bits per heavy atom. The topological polar surface area (TPSA) is 69.1 Å². The SMILES string of the molecule is CCc1nnc2sc(-c3ccc(F)cc3N)nn12. The van der Waals surface area contributed by atoms with E-state index in [9.17, 15) is 4.39 Å². The minimum absolute atomic E-state index is 0.353. The first kappa shape index (κ1) is 11.1. The molecule has 92 valence electrons. The molecule has 2 aromatic heterocycles. The van der Waals surface area contributed by atoms with Crippen LogP contribution in [-0.2, 0) is 6.42 Å². The maximum atomic E-state index is 13.0. The largest absolute Gasteiger partial charge is 0.398 e. The number of halogens is 1. The first-order valence-corrected chi connectivity index (χ1v) is 6.27. The summed E-state index contributed by atoms with van der Waals surface area (Å²) in [5.41, 5.74) is 6.89. The first-order chi connectivity index (χ1) is 8.69. The minimum Gasteiger partial charge on any atom is -0.398 e. The van der Waals surface area contributed by atoms with Crippen molar-refractivity contribution in [1.29, 1.82) is 0 Å². The van der Waals surface area contributed by atoms with Gasteiger partial charge in [-0.25, -0.2) is 4.39 Å². The Kier molecular flexibility index (Phi) is 2.48. The molecule has 0 radical (unpaired) electrons. The van der Waals surface area contributed by atoms with Gasteiger partial charge in [0.05, 0.1) is 0 Å². The lowest BCUT2D eigenvalue weighted by atomic mass is 10.2. The van der Waals surface area contributed by atoms with Crippen molar-refractivity contribution in [3.8, 4) is 10.6 Å². The van der Waals surface area contributed by atoms with Gasteiger partial charge in [0.2, 0.25) is 4.96 Å². The molecule has 0 bridgehead atoms. The number of hydrogen-bond donors (Lipinski definition) is 1. The number of nitrogen functional groups attached to an aromatic ring is 1. The van der Waals surface area contributed by atoms with E-state index >= 15 is 0 Å². The molecule has 0 saturated heterocycles. The van der Waals surface area contributed by atoms with Crippen molar-refractivity contribution in [2.24, 2.45) is 0 Å². The van der Waals surface area contributed by atoms with E-state index in [-0.39, 0.29) is 5.82 Å². The van der Waals surface area contributed by atoms with Gasteiger partial charge < -0.3 is 5.73 Å².